The van der Waals surface area contributed by atoms with Crippen LogP contribution in [-0.4, -0.2) is 17.3 Å². The largest absolute Gasteiger partial charge is 0.352 e. The number of nitrogens with one attached hydrogen (secondary N) is 1. The molecule has 4 heteroatoms. The summed E-state index contributed by atoms with van der Waals surface area (Å²) in [7, 11) is 0. The summed E-state index contributed by atoms with van der Waals surface area (Å²) in [6.07, 6.45) is 4.54. The molecule has 2 rings (SSSR count). The Morgan fingerprint density at radius 2 is 1.94 bits per heavy atom. The molecule has 0 atom stereocenters. The fourth-order valence-electron chi connectivity index (χ4n) is 2.30. The molecule has 0 unspecified atom stereocenters. The van der Waals surface area contributed by atoms with Gasteiger partial charge in [-0.25, -0.2) is 4.39 Å². The molecule has 1 amide bonds. The summed E-state index contributed by atoms with van der Waals surface area (Å²) in [6, 6.07) is 6.09. The van der Waals surface area contributed by atoms with Gasteiger partial charge in [-0.05, 0) is 43.7 Å². The van der Waals surface area contributed by atoms with E-state index in [-0.39, 0.29) is 11.5 Å². The lowest BCUT2D eigenvalue weighted by molar-refractivity contribution is 0.0940. The van der Waals surface area contributed by atoms with Crippen LogP contribution in [0.15, 0.2) is 24.3 Å². The number of hydrogen-bond donors (Lipinski definition) is 1. The smallest absolute Gasteiger partial charge is 0.254 e. The predicted octanol–water partition coefficient (Wildman–Crippen LogP) is 3.51. The van der Waals surface area contributed by atoms with Crippen LogP contribution in [0.1, 0.15) is 36.0 Å². The van der Waals surface area contributed by atoms with Crippen molar-refractivity contribution in [2.45, 2.75) is 30.5 Å². The fourth-order valence-corrected chi connectivity index (χ4v) is 2.83. The molecule has 1 aliphatic carbocycles. The summed E-state index contributed by atoms with van der Waals surface area (Å²) in [4.78, 5) is 12.4. The third-order valence-electron chi connectivity index (χ3n) is 3.45. The van der Waals surface area contributed by atoms with Crippen molar-refractivity contribution in [1.82, 2.24) is 5.32 Å². The number of alkyl halides is 1. The SMILES string of the molecule is O=C(NCC1CCC(Br)CC1)c1ccccc1F. The van der Waals surface area contributed by atoms with Crippen molar-refractivity contribution < 1.29 is 9.18 Å². The van der Waals surface area contributed by atoms with E-state index in [2.05, 4.69) is 21.2 Å². The van der Waals surface area contributed by atoms with Crippen LogP contribution in [0.2, 0.25) is 0 Å². The van der Waals surface area contributed by atoms with Crippen molar-refractivity contribution in [2.75, 3.05) is 6.54 Å². The first kappa shape index (κ1) is 13.5. The highest BCUT2D eigenvalue weighted by Gasteiger charge is 2.20. The number of halogens is 2. The first-order valence-corrected chi connectivity index (χ1v) is 7.25. The van der Waals surface area contributed by atoms with Gasteiger partial charge < -0.3 is 5.32 Å². The Morgan fingerprint density at radius 1 is 1.28 bits per heavy atom. The van der Waals surface area contributed by atoms with Gasteiger partial charge in [0.2, 0.25) is 0 Å². The van der Waals surface area contributed by atoms with E-state index in [9.17, 15) is 9.18 Å². The van der Waals surface area contributed by atoms with Crippen LogP contribution < -0.4 is 5.32 Å². The minimum atomic E-state index is -0.459. The van der Waals surface area contributed by atoms with E-state index in [0.717, 1.165) is 25.7 Å². The number of carbonyl (C=O) groups excluding carboxylic acids is 1. The molecule has 18 heavy (non-hydrogen) atoms. The lowest BCUT2D eigenvalue weighted by atomic mass is 9.89. The van der Waals surface area contributed by atoms with Gasteiger partial charge in [-0.3, -0.25) is 4.79 Å². The van der Waals surface area contributed by atoms with Gasteiger partial charge in [0.1, 0.15) is 5.82 Å². The quantitative estimate of drug-likeness (QED) is 0.850. The maximum atomic E-state index is 13.4. The Balaban J connectivity index is 1.84. The Hall–Kier alpha value is -0.900. The molecule has 1 saturated carbocycles. The molecule has 0 aromatic heterocycles. The van der Waals surface area contributed by atoms with Gasteiger partial charge in [0.05, 0.1) is 5.56 Å². The monoisotopic (exact) mass is 313 g/mol. The van der Waals surface area contributed by atoms with Crippen molar-refractivity contribution in [3.8, 4) is 0 Å². The van der Waals surface area contributed by atoms with Gasteiger partial charge >= 0.3 is 0 Å². The predicted molar refractivity (Wildman–Crippen MR) is 73.4 cm³/mol. The molecule has 0 saturated heterocycles. The van der Waals surface area contributed by atoms with Crippen LogP contribution in [0.25, 0.3) is 0 Å². The minimum Gasteiger partial charge on any atom is -0.352 e. The van der Waals surface area contributed by atoms with Gasteiger partial charge in [0, 0.05) is 11.4 Å². The molecule has 2 nitrogen and oxygen atoms in total. The number of benzene rings is 1. The van der Waals surface area contributed by atoms with Crippen molar-refractivity contribution in [1.29, 1.82) is 0 Å². The van der Waals surface area contributed by atoms with Crippen molar-refractivity contribution in [3.63, 3.8) is 0 Å². The normalized spacial score (nSPS) is 23.7. The lowest BCUT2D eigenvalue weighted by Gasteiger charge is -2.25. The summed E-state index contributed by atoms with van der Waals surface area (Å²) in [6.45, 7) is 0.646. The molecule has 0 radical (unpaired) electrons. The Morgan fingerprint density at radius 3 is 2.61 bits per heavy atom. The second kappa shape index (κ2) is 6.32. The maximum absolute atomic E-state index is 13.4. The summed E-state index contributed by atoms with van der Waals surface area (Å²) in [5, 5.41) is 2.83. The summed E-state index contributed by atoms with van der Waals surface area (Å²) < 4.78 is 13.4. The van der Waals surface area contributed by atoms with Gasteiger partial charge in [0.25, 0.3) is 5.91 Å². The average molecular weight is 314 g/mol. The van der Waals surface area contributed by atoms with Gasteiger partial charge in [-0.1, -0.05) is 28.1 Å². The van der Waals surface area contributed by atoms with E-state index >= 15 is 0 Å². The third kappa shape index (κ3) is 3.55. The van der Waals surface area contributed by atoms with Gasteiger partial charge in [-0.2, -0.15) is 0 Å². The van der Waals surface area contributed by atoms with Crippen LogP contribution in [-0.2, 0) is 0 Å². The molecule has 98 valence electrons. The van der Waals surface area contributed by atoms with E-state index < -0.39 is 5.82 Å². The Labute approximate surface area is 115 Å². The zero-order chi connectivity index (χ0) is 13.0. The third-order valence-corrected chi connectivity index (χ3v) is 4.36. The molecular weight excluding hydrogens is 297 g/mol. The highest BCUT2D eigenvalue weighted by molar-refractivity contribution is 9.09. The zero-order valence-electron chi connectivity index (χ0n) is 10.2. The molecular formula is C14H17BrFNO. The second-order valence-electron chi connectivity index (χ2n) is 4.81. The van der Waals surface area contributed by atoms with Crippen LogP contribution in [0, 0.1) is 11.7 Å². The first-order valence-electron chi connectivity index (χ1n) is 6.33. The molecule has 0 spiro atoms. The first-order chi connectivity index (χ1) is 8.66. The van der Waals surface area contributed by atoms with Gasteiger partial charge in [-0.15, -0.1) is 0 Å². The molecule has 0 heterocycles. The van der Waals surface area contributed by atoms with Crippen molar-refractivity contribution in [3.05, 3.63) is 35.6 Å². The van der Waals surface area contributed by atoms with Crippen molar-refractivity contribution in [2.24, 2.45) is 5.92 Å². The van der Waals surface area contributed by atoms with E-state index in [0.29, 0.717) is 17.3 Å². The standard InChI is InChI=1S/C14H17BrFNO/c15-11-7-5-10(6-8-11)9-17-14(18)12-3-1-2-4-13(12)16/h1-4,10-11H,5-9H2,(H,17,18). The minimum absolute atomic E-state index is 0.131. The number of amides is 1. The summed E-state index contributed by atoms with van der Waals surface area (Å²) >= 11 is 3.61. The van der Waals surface area contributed by atoms with Crippen molar-refractivity contribution >= 4 is 21.8 Å². The topological polar surface area (TPSA) is 29.1 Å². The zero-order valence-corrected chi connectivity index (χ0v) is 11.7. The van der Waals surface area contributed by atoms with Crippen LogP contribution in [0.4, 0.5) is 4.39 Å². The fraction of sp³-hybridized carbons (Fsp3) is 0.500. The molecule has 1 aliphatic rings. The second-order valence-corrected chi connectivity index (χ2v) is 6.10. The highest BCUT2D eigenvalue weighted by Crippen LogP contribution is 2.28. The number of carbonyl (C=O) groups is 1. The molecule has 1 aromatic carbocycles. The molecule has 1 aromatic rings. The van der Waals surface area contributed by atoms with Crippen LogP contribution >= 0.6 is 15.9 Å². The highest BCUT2D eigenvalue weighted by atomic mass is 79.9. The van der Waals surface area contributed by atoms with E-state index in [1.165, 1.54) is 12.1 Å². The summed E-state index contributed by atoms with van der Waals surface area (Å²) in [5.41, 5.74) is 0.131. The lowest BCUT2D eigenvalue weighted by Crippen LogP contribution is -2.31. The number of hydrogen-bond acceptors (Lipinski definition) is 1. The van der Waals surface area contributed by atoms with E-state index in [1.807, 2.05) is 0 Å². The van der Waals surface area contributed by atoms with Gasteiger partial charge in [0.15, 0.2) is 0 Å². The Kier molecular flexibility index (Phi) is 4.75. The summed E-state index contributed by atoms with van der Waals surface area (Å²) in [5.74, 6) is -0.247. The van der Waals surface area contributed by atoms with Crippen LogP contribution in [0.5, 0.6) is 0 Å². The Bertz CT molecular complexity index is 416. The average Bonchev–Trinajstić information content (AvgIpc) is 2.38. The molecule has 0 aliphatic heterocycles. The van der Waals surface area contributed by atoms with E-state index in [1.54, 1.807) is 12.1 Å². The maximum Gasteiger partial charge on any atom is 0.254 e. The molecule has 1 N–H and O–H groups in total. The van der Waals surface area contributed by atoms with Crippen LogP contribution in [0.3, 0.4) is 0 Å². The van der Waals surface area contributed by atoms with E-state index in [4.69, 9.17) is 0 Å². The number of rotatable bonds is 3. The molecule has 0 bridgehead atoms. The molecule has 1 fully saturated rings.